The zero-order valence-electron chi connectivity index (χ0n) is 11.0. The van der Waals surface area contributed by atoms with E-state index in [2.05, 4.69) is 11.9 Å². The van der Waals surface area contributed by atoms with Crippen LogP contribution in [0.3, 0.4) is 0 Å². The molecule has 2 rings (SSSR count). The summed E-state index contributed by atoms with van der Waals surface area (Å²) in [6.45, 7) is 4.19. The van der Waals surface area contributed by atoms with Crippen molar-refractivity contribution in [3.63, 3.8) is 0 Å². The van der Waals surface area contributed by atoms with Gasteiger partial charge >= 0.3 is 5.97 Å². The molecular weight excluding hydrogens is 260 g/mol. The fourth-order valence-corrected chi connectivity index (χ4v) is 2.65. The van der Waals surface area contributed by atoms with Crippen LogP contribution in [-0.2, 0) is 11.2 Å². The van der Waals surface area contributed by atoms with Crippen molar-refractivity contribution >= 4 is 22.4 Å². The van der Waals surface area contributed by atoms with Crippen molar-refractivity contribution in [2.75, 3.05) is 12.3 Å². The second-order valence-electron chi connectivity index (χ2n) is 3.96. The van der Waals surface area contributed by atoms with E-state index in [9.17, 15) is 4.79 Å². The van der Waals surface area contributed by atoms with Gasteiger partial charge in [0.15, 0.2) is 5.13 Å². The summed E-state index contributed by atoms with van der Waals surface area (Å²) in [4.78, 5) is 16.7. The Balaban J connectivity index is 2.53. The maximum Gasteiger partial charge on any atom is 0.350 e. The molecular formula is C14H16N2O2S. The molecule has 0 aliphatic rings. The summed E-state index contributed by atoms with van der Waals surface area (Å²) < 4.78 is 5.05. The first-order chi connectivity index (χ1) is 9.17. The Kier molecular flexibility index (Phi) is 4.16. The van der Waals surface area contributed by atoms with Gasteiger partial charge < -0.3 is 10.5 Å². The summed E-state index contributed by atoms with van der Waals surface area (Å²) in [6.07, 6.45) is 0.871. The van der Waals surface area contributed by atoms with Crippen LogP contribution in [0.25, 0.3) is 11.3 Å². The molecule has 2 N–H and O–H groups in total. The Morgan fingerprint density at radius 1 is 1.37 bits per heavy atom. The molecule has 0 saturated carbocycles. The van der Waals surface area contributed by atoms with E-state index in [0.717, 1.165) is 17.5 Å². The monoisotopic (exact) mass is 276 g/mol. The Labute approximate surface area is 116 Å². The number of aromatic nitrogens is 1. The molecule has 1 aromatic heterocycles. The summed E-state index contributed by atoms with van der Waals surface area (Å²) in [6, 6.07) is 7.89. The zero-order chi connectivity index (χ0) is 13.8. The summed E-state index contributed by atoms with van der Waals surface area (Å²) in [7, 11) is 0. The molecule has 0 aliphatic heterocycles. The highest BCUT2D eigenvalue weighted by atomic mass is 32.1. The van der Waals surface area contributed by atoms with Crippen molar-refractivity contribution in [3.05, 3.63) is 34.7 Å². The van der Waals surface area contributed by atoms with E-state index >= 15 is 0 Å². The van der Waals surface area contributed by atoms with Gasteiger partial charge in [0.05, 0.1) is 12.3 Å². The molecule has 0 unspecified atom stereocenters. The first kappa shape index (κ1) is 13.5. The summed E-state index contributed by atoms with van der Waals surface area (Å²) in [5, 5.41) is 0.379. The van der Waals surface area contributed by atoms with E-state index in [1.165, 1.54) is 11.3 Å². The first-order valence-electron chi connectivity index (χ1n) is 6.19. The number of rotatable bonds is 4. The normalized spacial score (nSPS) is 10.4. The highest BCUT2D eigenvalue weighted by Crippen LogP contribution is 2.32. The van der Waals surface area contributed by atoms with Gasteiger partial charge in [0.2, 0.25) is 0 Å². The van der Waals surface area contributed by atoms with Crippen LogP contribution in [0.4, 0.5) is 5.13 Å². The van der Waals surface area contributed by atoms with E-state index in [0.29, 0.717) is 22.3 Å². The van der Waals surface area contributed by atoms with Gasteiger partial charge in [-0.25, -0.2) is 9.78 Å². The van der Waals surface area contributed by atoms with Crippen LogP contribution in [0, 0.1) is 0 Å². The van der Waals surface area contributed by atoms with Gasteiger partial charge in [-0.05, 0) is 18.9 Å². The average molecular weight is 276 g/mol. The Bertz CT molecular complexity index is 593. The van der Waals surface area contributed by atoms with Gasteiger partial charge in [-0.1, -0.05) is 42.5 Å². The SMILES string of the molecule is CCOC(=O)c1sc(N)nc1-c1ccccc1CC. The molecule has 0 saturated heterocycles. The number of nitrogen functional groups attached to an aromatic ring is 1. The number of ether oxygens (including phenoxy) is 1. The van der Waals surface area contributed by atoms with Crippen LogP contribution in [0.2, 0.25) is 0 Å². The van der Waals surface area contributed by atoms with Crippen molar-refractivity contribution in [3.8, 4) is 11.3 Å². The third kappa shape index (κ3) is 2.76. The molecule has 4 nitrogen and oxygen atoms in total. The van der Waals surface area contributed by atoms with E-state index in [1.54, 1.807) is 6.92 Å². The molecule has 0 aliphatic carbocycles. The van der Waals surface area contributed by atoms with Gasteiger partial charge in [0, 0.05) is 5.56 Å². The first-order valence-corrected chi connectivity index (χ1v) is 7.00. The molecule has 0 bridgehead atoms. The second-order valence-corrected chi connectivity index (χ2v) is 4.99. The number of anilines is 1. The lowest BCUT2D eigenvalue weighted by molar-refractivity contribution is 0.0532. The minimum absolute atomic E-state index is 0.339. The van der Waals surface area contributed by atoms with E-state index < -0.39 is 0 Å². The Morgan fingerprint density at radius 3 is 2.79 bits per heavy atom. The number of hydrogen-bond donors (Lipinski definition) is 1. The smallest absolute Gasteiger partial charge is 0.350 e. The minimum atomic E-state index is -0.363. The molecule has 0 spiro atoms. The average Bonchev–Trinajstić information content (AvgIpc) is 2.81. The Hall–Kier alpha value is -1.88. The molecule has 100 valence electrons. The van der Waals surface area contributed by atoms with Crippen LogP contribution < -0.4 is 5.73 Å². The molecule has 0 atom stereocenters. The highest BCUT2D eigenvalue weighted by molar-refractivity contribution is 7.17. The van der Waals surface area contributed by atoms with Crippen molar-refractivity contribution in [1.82, 2.24) is 4.98 Å². The van der Waals surface area contributed by atoms with Gasteiger partial charge in [-0.15, -0.1) is 0 Å². The van der Waals surface area contributed by atoms with Crippen LogP contribution in [-0.4, -0.2) is 17.6 Å². The van der Waals surface area contributed by atoms with Gasteiger partial charge in [0.25, 0.3) is 0 Å². The molecule has 2 aromatic rings. The highest BCUT2D eigenvalue weighted by Gasteiger charge is 2.20. The van der Waals surface area contributed by atoms with Crippen molar-refractivity contribution < 1.29 is 9.53 Å². The van der Waals surface area contributed by atoms with Crippen LogP contribution >= 0.6 is 11.3 Å². The van der Waals surface area contributed by atoms with Crippen molar-refractivity contribution in [2.45, 2.75) is 20.3 Å². The largest absolute Gasteiger partial charge is 0.462 e. The van der Waals surface area contributed by atoms with Crippen LogP contribution in [0.5, 0.6) is 0 Å². The van der Waals surface area contributed by atoms with Crippen LogP contribution in [0.1, 0.15) is 29.1 Å². The minimum Gasteiger partial charge on any atom is -0.462 e. The lowest BCUT2D eigenvalue weighted by Gasteiger charge is -2.07. The standard InChI is InChI=1S/C14H16N2O2S/c1-3-9-7-5-6-8-10(9)11-12(13(17)18-4-2)19-14(15)16-11/h5-8H,3-4H2,1-2H3,(H2,15,16). The summed E-state index contributed by atoms with van der Waals surface area (Å²) >= 11 is 1.17. The zero-order valence-corrected chi connectivity index (χ0v) is 11.8. The number of thiazole rings is 1. The number of carbonyl (C=O) groups excluding carboxylic acids is 1. The molecule has 19 heavy (non-hydrogen) atoms. The number of benzene rings is 1. The maximum atomic E-state index is 11.9. The number of esters is 1. The number of aryl methyl sites for hydroxylation is 1. The summed E-state index contributed by atoms with van der Waals surface area (Å²) in [5.41, 5.74) is 8.45. The molecule has 5 heteroatoms. The van der Waals surface area contributed by atoms with Gasteiger partial charge in [-0.3, -0.25) is 0 Å². The van der Waals surface area contributed by atoms with Gasteiger partial charge in [-0.2, -0.15) is 0 Å². The van der Waals surface area contributed by atoms with Crippen LogP contribution in [0.15, 0.2) is 24.3 Å². The van der Waals surface area contributed by atoms with E-state index in [-0.39, 0.29) is 5.97 Å². The van der Waals surface area contributed by atoms with Gasteiger partial charge in [0.1, 0.15) is 4.88 Å². The molecule has 1 heterocycles. The van der Waals surface area contributed by atoms with Crippen molar-refractivity contribution in [1.29, 1.82) is 0 Å². The predicted octanol–water partition coefficient (Wildman–Crippen LogP) is 3.13. The third-order valence-electron chi connectivity index (χ3n) is 2.76. The topological polar surface area (TPSA) is 65.2 Å². The second kappa shape index (κ2) is 5.84. The number of carbonyl (C=O) groups is 1. The predicted molar refractivity (Wildman–Crippen MR) is 77.3 cm³/mol. The third-order valence-corrected chi connectivity index (χ3v) is 3.62. The molecule has 0 radical (unpaired) electrons. The lowest BCUT2D eigenvalue weighted by atomic mass is 10.0. The summed E-state index contributed by atoms with van der Waals surface area (Å²) in [5.74, 6) is -0.363. The molecule has 1 aromatic carbocycles. The fraction of sp³-hybridized carbons (Fsp3) is 0.286. The van der Waals surface area contributed by atoms with Crippen molar-refractivity contribution in [2.24, 2.45) is 0 Å². The number of nitrogens with zero attached hydrogens (tertiary/aromatic N) is 1. The fourth-order valence-electron chi connectivity index (χ4n) is 1.91. The molecule has 0 fully saturated rings. The maximum absolute atomic E-state index is 11.9. The number of hydrogen-bond acceptors (Lipinski definition) is 5. The van der Waals surface area contributed by atoms with E-state index in [1.807, 2.05) is 24.3 Å². The quantitative estimate of drug-likeness (QED) is 0.871. The Morgan fingerprint density at radius 2 is 2.11 bits per heavy atom. The van der Waals surface area contributed by atoms with E-state index in [4.69, 9.17) is 10.5 Å². The lowest BCUT2D eigenvalue weighted by Crippen LogP contribution is -2.04. The molecule has 0 amide bonds. The number of nitrogens with two attached hydrogens (primary N) is 1.